The minimum Gasteiger partial charge on any atom is -0.355 e. The quantitative estimate of drug-likeness (QED) is 0.383. The van der Waals surface area contributed by atoms with Gasteiger partial charge in [0, 0.05) is 51.3 Å². The van der Waals surface area contributed by atoms with Crippen molar-refractivity contribution >= 4 is 11.9 Å². The van der Waals surface area contributed by atoms with Gasteiger partial charge in [-0.2, -0.15) is 5.10 Å². The lowest BCUT2D eigenvalue weighted by molar-refractivity contribution is 0.0954. The van der Waals surface area contributed by atoms with Gasteiger partial charge in [0.2, 0.25) is 0 Å². The van der Waals surface area contributed by atoms with Crippen molar-refractivity contribution in [1.82, 2.24) is 30.7 Å². The summed E-state index contributed by atoms with van der Waals surface area (Å²) in [7, 11) is 3.70. The highest BCUT2D eigenvalue weighted by Crippen LogP contribution is 2.14. The van der Waals surface area contributed by atoms with Gasteiger partial charge in [-0.05, 0) is 44.9 Å². The molecular weight excluding hydrogens is 342 g/mol. The smallest absolute Gasteiger partial charge is 0.252 e. The Morgan fingerprint density at radius 1 is 1.30 bits per heavy atom. The first-order valence-electron chi connectivity index (χ1n) is 9.06. The van der Waals surface area contributed by atoms with Gasteiger partial charge in [0.25, 0.3) is 5.91 Å². The van der Waals surface area contributed by atoms with Crippen LogP contribution in [0.15, 0.2) is 29.5 Å². The van der Waals surface area contributed by atoms with Crippen LogP contribution in [0.2, 0.25) is 0 Å². The second kappa shape index (κ2) is 9.70. The average molecular weight is 371 g/mol. The zero-order valence-electron chi connectivity index (χ0n) is 16.7. The molecule has 0 bridgehead atoms. The Morgan fingerprint density at radius 2 is 2.04 bits per heavy atom. The molecule has 0 saturated carbocycles. The third-order valence-electron chi connectivity index (χ3n) is 4.40. The first-order chi connectivity index (χ1) is 12.9. The van der Waals surface area contributed by atoms with Crippen LogP contribution in [0.5, 0.6) is 0 Å². The summed E-state index contributed by atoms with van der Waals surface area (Å²) in [4.78, 5) is 20.2. The molecule has 0 aliphatic heterocycles. The van der Waals surface area contributed by atoms with Crippen LogP contribution in [-0.4, -0.2) is 52.8 Å². The number of rotatable bonds is 7. The lowest BCUT2D eigenvalue weighted by Gasteiger charge is -2.18. The Kier molecular flexibility index (Phi) is 7.34. The number of hydrogen-bond acceptors (Lipinski definition) is 4. The highest BCUT2D eigenvalue weighted by molar-refractivity contribution is 5.93. The van der Waals surface area contributed by atoms with Crippen LogP contribution in [0, 0.1) is 13.8 Å². The fraction of sp³-hybridized carbons (Fsp3) is 0.474. The van der Waals surface area contributed by atoms with Gasteiger partial charge < -0.3 is 16.0 Å². The average Bonchev–Trinajstić information content (AvgIpc) is 2.90. The predicted octanol–water partition coefficient (Wildman–Crippen LogP) is 0.958. The monoisotopic (exact) mass is 371 g/mol. The fourth-order valence-electron chi connectivity index (χ4n) is 2.85. The van der Waals surface area contributed by atoms with Crippen LogP contribution in [0.3, 0.4) is 0 Å². The predicted molar refractivity (Wildman–Crippen MR) is 107 cm³/mol. The number of aryl methyl sites for hydroxylation is 2. The number of carbonyl (C=O) groups is 1. The molecule has 146 valence electrons. The molecule has 0 aliphatic rings. The molecule has 27 heavy (non-hydrogen) atoms. The van der Waals surface area contributed by atoms with E-state index in [4.69, 9.17) is 0 Å². The molecule has 2 aromatic heterocycles. The van der Waals surface area contributed by atoms with Crippen LogP contribution in [-0.2, 0) is 13.5 Å². The Labute approximate surface area is 160 Å². The summed E-state index contributed by atoms with van der Waals surface area (Å²) in [6.07, 6.45) is 4.06. The van der Waals surface area contributed by atoms with Crippen molar-refractivity contribution in [2.75, 3.05) is 20.1 Å². The van der Waals surface area contributed by atoms with E-state index in [1.807, 2.05) is 18.7 Å². The Bertz CT molecular complexity index is 783. The van der Waals surface area contributed by atoms with Crippen LogP contribution in [0.25, 0.3) is 0 Å². The van der Waals surface area contributed by atoms with Crippen molar-refractivity contribution in [2.45, 2.75) is 33.2 Å². The van der Waals surface area contributed by atoms with Crippen LogP contribution in [0.4, 0.5) is 0 Å². The summed E-state index contributed by atoms with van der Waals surface area (Å²) < 4.78 is 1.91. The molecule has 1 atom stereocenters. The van der Waals surface area contributed by atoms with E-state index >= 15 is 0 Å². The molecule has 2 rings (SSSR count). The molecule has 2 aromatic rings. The number of pyridine rings is 1. The molecule has 0 spiro atoms. The molecule has 2 heterocycles. The Hall–Kier alpha value is -2.90. The first-order valence-corrected chi connectivity index (χ1v) is 9.06. The Balaban J connectivity index is 1.76. The van der Waals surface area contributed by atoms with Crippen LogP contribution >= 0.6 is 0 Å². The van der Waals surface area contributed by atoms with Crippen molar-refractivity contribution < 1.29 is 4.79 Å². The zero-order chi connectivity index (χ0) is 19.8. The summed E-state index contributed by atoms with van der Waals surface area (Å²) in [5, 5.41) is 13.9. The van der Waals surface area contributed by atoms with Gasteiger partial charge in [-0.25, -0.2) is 0 Å². The normalized spacial score (nSPS) is 12.6. The molecule has 0 aromatic carbocycles. The molecule has 1 amide bonds. The topological polar surface area (TPSA) is 96.2 Å². The van der Waals surface area contributed by atoms with Gasteiger partial charge in [-0.3, -0.25) is 19.5 Å². The maximum atomic E-state index is 12.0. The van der Waals surface area contributed by atoms with Crippen molar-refractivity contribution in [3.8, 4) is 0 Å². The molecular formula is C19H29N7O. The Morgan fingerprint density at radius 3 is 2.63 bits per heavy atom. The molecule has 1 unspecified atom stereocenters. The number of nitrogens with one attached hydrogen (secondary N) is 3. The number of carbonyl (C=O) groups excluding carboxylic acids is 1. The lowest BCUT2D eigenvalue weighted by Crippen LogP contribution is -2.45. The standard InChI is InChI=1S/C19H29N7O/c1-13(11-17-14(2)25-26(5)15(17)3)24-19(20-4)23-10-9-22-18(27)16-7-6-8-21-12-16/h6-8,12-13H,9-11H2,1-5H3,(H,22,27)(H2,20,23,24). The van der Waals surface area contributed by atoms with Crippen molar-refractivity contribution in [3.05, 3.63) is 47.0 Å². The minimum absolute atomic E-state index is 0.135. The number of guanidine groups is 1. The van der Waals surface area contributed by atoms with E-state index in [2.05, 4.69) is 44.9 Å². The maximum Gasteiger partial charge on any atom is 0.252 e. The molecule has 8 heteroatoms. The highest BCUT2D eigenvalue weighted by Gasteiger charge is 2.14. The SMILES string of the molecule is CN=C(NCCNC(=O)c1cccnc1)NC(C)Cc1c(C)nn(C)c1C. The summed E-state index contributed by atoms with van der Waals surface area (Å²) in [6.45, 7) is 7.29. The zero-order valence-corrected chi connectivity index (χ0v) is 16.7. The van der Waals surface area contributed by atoms with Crippen molar-refractivity contribution in [3.63, 3.8) is 0 Å². The van der Waals surface area contributed by atoms with Crippen LogP contribution < -0.4 is 16.0 Å². The molecule has 3 N–H and O–H groups in total. The van der Waals surface area contributed by atoms with E-state index < -0.39 is 0 Å². The summed E-state index contributed by atoms with van der Waals surface area (Å²) in [5.41, 5.74) is 4.06. The van der Waals surface area contributed by atoms with Gasteiger partial charge >= 0.3 is 0 Å². The molecule has 0 saturated heterocycles. The number of aliphatic imine (C=N–C) groups is 1. The summed E-state index contributed by atoms with van der Waals surface area (Å²) >= 11 is 0. The molecule has 8 nitrogen and oxygen atoms in total. The van der Waals surface area contributed by atoms with E-state index in [0.29, 0.717) is 24.6 Å². The number of aromatic nitrogens is 3. The third kappa shape index (κ3) is 5.80. The van der Waals surface area contributed by atoms with Gasteiger partial charge in [0.1, 0.15) is 0 Å². The number of hydrogen-bond donors (Lipinski definition) is 3. The van der Waals surface area contributed by atoms with Gasteiger partial charge in [0.05, 0.1) is 11.3 Å². The summed E-state index contributed by atoms with van der Waals surface area (Å²) in [6, 6.07) is 3.68. The van der Waals surface area contributed by atoms with E-state index in [1.165, 1.54) is 11.3 Å². The van der Waals surface area contributed by atoms with Gasteiger partial charge in [-0.15, -0.1) is 0 Å². The van der Waals surface area contributed by atoms with Crippen molar-refractivity contribution in [1.29, 1.82) is 0 Å². The highest BCUT2D eigenvalue weighted by atomic mass is 16.1. The van der Waals surface area contributed by atoms with Gasteiger partial charge in [-0.1, -0.05) is 0 Å². The molecule has 0 radical (unpaired) electrons. The fourth-order valence-corrected chi connectivity index (χ4v) is 2.85. The third-order valence-corrected chi connectivity index (χ3v) is 4.40. The van der Waals surface area contributed by atoms with E-state index in [1.54, 1.807) is 31.6 Å². The molecule has 0 fully saturated rings. The summed E-state index contributed by atoms with van der Waals surface area (Å²) in [5.74, 6) is 0.570. The second-order valence-electron chi connectivity index (χ2n) is 6.52. The lowest BCUT2D eigenvalue weighted by atomic mass is 10.1. The molecule has 0 aliphatic carbocycles. The number of nitrogens with zero attached hydrogens (tertiary/aromatic N) is 4. The second-order valence-corrected chi connectivity index (χ2v) is 6.52. The first kappa shape index (κ1) is 20.4. The van der Waals surface area contributed by atoms with E-state index in [0.717, 1.165) is 12.1 Å². The maximum absolute atomic E-state index is 12.0. The van der Waals surface area contributed by atoms with Gasteiger partial charge in [0.15, 0.2) is 5.96 Å². The largest absolute Gasteiger partial charge is 0.355 e. The number of amides is 1. The van der Waals surface area contributed by atoms with E-state index in [9.17, 15) is 4.79 Å². The minimum atomic E-state index is -0.135. The van der Waals surface area contributed by atoms with Crippen LogP contribution in [0.1, 0.15) is 34.2 Å². The van der Waals surface area contributed by atoms with Crippen molar-refractivity contribution in [2.24, 2.45) is 12.0 Å². The van der Waals surface area contributed by atoms with E-state index in [-0.39, 0.29) is 11.9 Å².